The number of hydrogen-bond donors (Lipinski definition) is 2. The van der Waals surface area contributed by atoms with Crippen molar-refractivity contribution in [2.24, 2.45) is 10.4 Å². The number of carbonyl (C=O) groups excluding carboxylic acids is 1. The first-order chi connectivity index (χ1) is 13.8. The molecule has 0 aromatic rings. The molecule has 0 amide bonds. The highest BCUT2D eigenvalue weighted by Crippen LogP contribution is 2.38. The molecule has 0 spiro atoms. The van der Waals surface area contributed by atoms with Gasteiger partial charge in [0.25, 0.3) is 0 Å². The van der Waals surface area contributed by atoms with Crippen LogP contribution in [0.4, 0.5) is 0 Å². The lowest BCUT2D eigenvalue weighted by atomic mass is 9.71. The maximum atomic E-state index is 13.2. The van der Waals surface area contributed by atoms with E-state index in [-0.39, 0.29) is 24.0 Å². The number of allylic oxidation sites excluding steroid dienone is 1. The van der Waals surface area contributed by atoms with Crippen LogP contribution in [0.3, 0.4) is 0 Å². The van der Waals surface area contributed by atoms with Crippen molar-refractivity contribution >= 4 is 23.2 Å². The van der Waals surface area contributed by atoms with Gasteiger partial charge in [0, 0.05) is 31.1 Å². The van der Waals surface area contributed by atoms with Gasteiger partial charge in [-0.25, -0.2) is 0 Å². The lowest BCUT2D eigenvalue weighted by Crippen LogP contribution is -2.51. The summed E-state index contributed by atoms with van der Waals surface area (Å²) in [6.07, 6.45) is 6.64. The van der Waals surface area contributed by atoms with Crippen LogP contribution in [0.15, 0.2) is 27.9 Å². The Kier molecular flexibility index (Phi) is 5.79. The number of amidine groups is 1. The Hall–Kier alpha value is -1.37. The number of piperazine rings is 1. The summed E-state index contributed by atoms with van der Waals surface area (Å²) in [5.74, 6) is 0.546. The van der Waals surface area contributed by atoms with Crippen LogP contribution in [0.2, 0.25) is 0 Å². The molecule has 4 aliphatic rings. The monoisotopic (exact) mass is 420 g/mol. The molecule has 2 heterocycles. The summed E-state index contributed by atoms with van der Waals surface area (Å²) >= 11 is 6.67. The summed E-state index contributed by atoms with van der Waals surface area (Å²) in [6.45, 7) is 10.5. The second kappa shape index (κ2) is 8.05. The first-order valence-electron chi connectivity index (χ1n) is 11.0. The predicted octanol–water partition coefficient (Wildman–Crippen LogP) is 2.28. The third-order valence-corrected chi connectivity index (χ3v) is 7.46. The van der Waals surface area contributed by atoms with Crippen molar-refractivity contribution in [3.8, 4) is 0 Å². The molecule has 0 aromatic heterocycles. The maximum absolute atomic E-state index is 13.2. The van der Waals surface area contributed by atoms with Crippen LogP contribution in [0.1, 0.15) is 46.5 Å². The van der Waals surface area contributed by atoms with Gasteiger partial charge < -0.3 is 15.3 Å². The molecule has 0 aromatic carbocycles. The minimum Gasteiger partial charge on any atom is -0.393 e. The van der Waals surface area contributed by atoms with Crippen molar-refractivity contribution in [1.29, 1.82) is 0 Å². The number of rotatable bonds is 4. The van der Waals surface area contributed by atoms with Gasteiger partial charge in [-0.3, -0.25) is 14.7 Å². The fraction of sp³-hybridized carbons (Fsp3) is 0.727. The van der Waals surface area contributed by atoms with Crippen LogP contribution in [0.5, 0.6) is 0 Å². The fourth-order valence-electron chi connectivity index (χ4n) is 5.06. The standard InChI is InChI=1S/C22H33ClN4O2/c1-4-26-9-10-27(14(2)13-26)19-12-18-17(11-16(19)23)24-21(25-18)20(29)22(3)7-5-15(28)6-8-22/h11-12,14-15,17-18,28H,4-10,13H2,1-3H3,(H,24,25). The maximum Gasteiger partial charge on any atom is 0.203 e. The highest BCUT2D eigenvalue weighted by atomic mass is 35.5. The van der Waals surface area contributed by atoms with E-state index in [1.165, 1.54) is 0 Å². The highest BCUT2D eigenvalue weighted by molar-refractivity contribution is 6.41. The molecule has 6 nitrogen and oxygen atoms in total. The number of hydrogen-bond acceptors (Lipinski definition) is 6. The number of carbonyl (C=O) groups is 1. The predicted molar refractivity (Wildman–Crippen MR) is 116 cm³/mol. The Morgan fingerprint density at radius 3 is 2.72 bits per heavy atom. The largest absolute Gasteiger partial charge is 0.393 e. The number of halogens is 1. The van der Waals surface area contributed by atoms with E-state index in [9.17, 15) is 9.90 Å². The van der Waals surface area contributed by atoms with E-state index in [0.717, 1.165) is 36.9 Å². The van der Waals surface area contributed by atoms with E-state index >= 15 is 0 Å². The number of aliphatic hydroxyl groups is 1. The minimum atomic E-state index is -0.441. The molecule has 2 fully saturated rings. The SMILES string of the molecule is CCN1CCN(C2=CC3N=C(C(=O)C4(C)CCC(O)CC4)NC3C=C2Cl)C(C)C1. The van der Waals surface area contributed by atoms with Gasteiger partial charge in [-0.1, -0.05) is 25.4 Å². The molecule has 3 atom stereocenters. The van der Waals surface area contributed by atoms with Crippen LogP contribution >= 0.6 is 11.6 Å². The van der Waals surface area contributed by atoms with E-state index in [1.807, 2.05) is 13.0 Å². The van der Waals surface area contributed by atoms with Crippen molar-refractivity contribution in [3.05, 3.63) is 22.9 Å². The molecule has 160 valence electrons. The highest BCUT2D eigenvalue weighted by Gasteiger charge is 2.43. The number of aliphatic hydroxyl groups excluding tert-OH is 1. The zero-order chi connectivity index (χ0) is 20.8. The average molecular weight is 421 g/mol. The van der Waals surface area contributed by atoms with E-state index < -0.39 is 5.41 Å². The topological polar surface area (TPSA) is 68.2 Å². The van der Waals surface area contributed by atoms with Crippen molar-refractivity contribution in [3.63, 3.8) is 0 Å². The van der Waals surface area contributed by atoms with Crippen molar-refractivity contribution in [2.45, 2.75) is 70.7 Å². The van der Waals surface area contributed by atoms with Crippen molar-refractivity contribution in [1.82, 2.24) is 15.1 Å². The molecule has 1 saturated carbocycles. The van der Waals surface area contributed by atoms with Crippen LogP contribution in [0, 0.1) is 5.41 Å². The smallest absolute Gasteiger partial charge is 0.203 e. The molecule has 2 aliphatic carbocycles. The van der Waals surface area contributed by atoms with Gasteiger partial charge in [0.1, 0.15) is 0 Å². The first-order valence-corrected chi connectivity index (χ1v) is 11.3. The Morgan fingerprint density at radius 2 is 2.07 bits per heavy atom. The number of ketones is 1. The summed E-state index contributed by atoms with van der Waals surface area (Å²) in [7, 11) is 0. The Balaban J connectivity index is 1.50. The zero-order valence-corrected chi connectivity index (χ0v) is 18.5. The van der Waals surface area contributed by atoms with Gasteiger partial charge in [0.05, 0.1) is 28.9 Å². The first kappa shape index (κ1) is 20.9. The van der Waals surface area contributed by atoms with Crippen LogP contribution in [0.25, 0.3) is 0 Å². The van der Waals surface area contributed by atoms with Gasteiger partial charge in [0.2, 0.25) is 5.78 Å². The van der Waals surface area contributed by atoms with Gasteiger partial charge in [-0.05, 0) is 51.3 Å². The molecule has 29 heavy (non-hydrogen) atoms. The number of likely N-dealkylation sites (N-methyl/N-ethyl adjacent to an activating group) is 1. The summed E-state index contributed by atoms with van der Waals surface area (Å²) in [5, 5.41) is 13.9. The number of fused-ring (bicyclic) bond motifs is 1. The van der Waals surface area contributed by atoms with Crippen LogP contribution in [-0.2, 0) is 4.79 Å². The fourth-order valence-corrected chi connectivity index (χ4v) is 5.37. The Morgan fingerprint density at radius 1 is 1.34 bits per heavy atom. The normalized spacial score (nSPS) is 38.0. The summed E-state index contributed by atoms with van der Waals surface area (Å²) in [5.41, 5.74) is 0.603. The number of Topliss-reactive ketones (excluding diaryl/α,β-unsaturated/α-hetero) is 1. The molecule has 0 bridgehead atoms. The number of aliphatic imine (C=N–C) groups is 1. The van der Waals surface area contributed by atoms with Crippen molar-refractivity contribution < 1.29 is 9.90 Å². The van der Waals surface area contributed by atoms with E-state index in [0.29, 0.717) is 37.6 Å². The van der Waals surface area contributed by atoms with E-state index in [1.54, 1.807) is 0 Å². The van der Waals surface area contributed by atoms with E-state index in [4.69, 9.17) is 16.6 Å². The second-order valence-electron chi connectivity index (χ2n) is 9.26. The van der Waals surface area contributed by atoms with Gasteiger partial charge in [0.15, 0.2) is 5.84 Å². The molecule has 3 unspecified atom stereocenters. The molecule has 0 radical (unpaired) electrons. The molecule has 1 saturated heterocycles. The second-order valence-corrected chi connectivity index (χ2v) is 9.67. The third kappa shape index (κ3) is 3.99. The van der Waals surface area contributed by atoms with Gasteiger partial charge >= 0.3 is 0 Å². The lowest BCUT2D eigenvalue weighted by Gasteiger charge is -2.43. The molecular weight excluding hydrogens is 388 g/mol. The number of nitrogens with zero attached hydrogens (tertiary/aromatic N) is 3. The van der Waals surface area contributed by atoms with Crippen LogP contribution in [-0.4, -0.2) is 76.9 Å². The zero-order valence-electron chi connectivity index (χ0n) is 17.7. The number of nitrogens with one attached hydrogen (secondary N) is 1. The minimum absolute atomic E-state index is 0.0600. The molecule has 2 aliphatic heterocycles. The average Bonchev–Trinajstić information content (AvgIpc) is 3.11. The molecule has 7 heteroatoms. The van der Waals surface area contributed by atoms with Crippen LogP contribution < -0.4 is 5.32 Å². The van der Waals surface area contributed by atoms with Crippen molar-refractivity contribution in [2.75, 3.05) is 26.2 Å². The van der Waals surface area contributed by atoms with E-state index in [2.05, 4.69) is 35.0 Å². The van der Waals surface area contributed by atoms with Gasteiger partial charge in [-0.2, -0.15) is 0 Å². The summed E-state index contributed by atoms with van der Waals surface area (Å²) < 4.78 is 0. The molecular formula is C22H33ClN4O2. The Bertz CT molecular complexity index is 754. The molecule has 4 rings (SSSR count). The third-order valence-electron chi connectivity index (χ3n) is 7.14. The van der Waals surface area contributed by atoms with Gasteiger partial charge in [-0.15, -0.1) is 0 Å². The molecule has 2 N–H and O–H groups in total. The summed E-state index contributed by atoms with van der Waals surface area (Å²) in [6, 6.07) is 0.233. The Labute approximate surface area is 178 Å². The summed E-state index contributed by atoms with van der Waals surface area (Å²) in [4.78, 5) is 22.8. The lowest BCUT2D eigenvalue weighted by molar-refractivity contribution is -0.124. The quantitative estimate of drug-likeness (QED) is 0.730.